The summed E-state index contributed by atoms with van der Waals surface area (Å²) in [5.74, 6) is 6.58. The van der Waals surface area contributed by atoms with Crippen molar-refractivity contribution in [3.63, 3.8) is 0 Å². The van der Waals surface area contributed by atoms with Crippen LogP contribution in [0, 0.1) is 0 Å². The van der Waals surface area contributed by atoms with Gasteiger partial charge < -0.3 is 9.64 Å². The third-order valence-corrected chi connectivity index (χ3v) is 2.67. The number of nitrogens with zero attached hydrogens (tertiary/aromatic N) is 6. The molecule has 0 aromatic carbocycles. The molecule has 21 heavy (non-hydrogen) atoms. The molecule has 114 valence electrons. The number of aromatic nitrogens is 5. The molecule has 2 aromatic heterocycles. The largest absolute Gasteiger partial charge is 0.377 e. The highest BCUT2D eigenvalue weighted by atomic mass is 16.5. The predicted octanol–water partition coefficient (Wildman–Crippen LogP) is 0.204. The zero-order chi connectivity index (χ0) is 15.2. The quantitative estimate of drug-likeness (QED) is 0.550. The minimum absolute atomic E-state index is 0.192. The van der Waals surface area contributed by atoms with E-state index < -0.39 is 0 Å². The van der Waals surface area contributed by atoms with Gasteiger partial charge in [-0.2, -0.15) is 20.1 Å². The third kappa shape index (κ3) is 4.10. The zero-order valence-corrected chi connectivity index (χ0v) is 12.4. The lowest BCUT2D eigenvalue weighted by atomic mass is 10.5. The number of hydrazine groups is 1. The molecule has 0 amide bonds. The molecule has 9 nitrogen and oxygen atoms in total. The Balaban J connectivity index is 2.16. The van der Waals surface area contributed by atoms with Crippen LogP contribution < -0.4 is 16.2 Å². The second-order valence-electron chi connectivity index (χ2n) is 4.70. The molecule has 0 aliphatic rings. The lowest BCUT2D eigenvalue weighted by Gasteiger charge is -2.18. The molecule has 0 unspecified atom stereocenters. The number of anilines is 2. The number of nitrogens with two attached hydrogens (primary N) is 1. The van der Waals surface area contributed by atoms with E-state index in [0.29, 0.717) is 25.0 Å². The first kappa shape index (κ1) is 15.1. The van der Waals surface area contributed by atoms with Crippen LogP contribution in [-0.2, 0) is 4.74 Å². The molecule has 0 saturated heterocycles. The smallest absolute Gasteiger partial charge is 0.257 e. The van der Waals surface area contributed by atoms with E-state index in [1.807, 2.05) is 25.8 Å². The summed E-state index contributed by atoms with van der Waals surface area (Å²) in [6.07, 6.45) is 3.60. The van der Waals surface area contributed by atoms with Crippen molar-refractivity contribution >= 4 is 11.9 Å². The number of hydrogen-bond acceptors (Lipinski definition) is 8. The molecule has 9 heteroatoms. The lowest BCUT2D eigenvalue weighted by molar-refractivity contribution is 0.0844. The summed E-state index contributed by atoms with van der Waals surface area (Å²) < 4.78 is 7.07. The molecule has 0 atom stereocenters. The average Bonchev–Trinajstić information content (AvgIpc) is 3.00. The number of ether oxygens (including phenoxy) is 1. The van der Waals surface area contributed by atoms with Crippen molar-refractivity contribution in [3.05, 3.63) is 18.5 Å². The second kappa shape index (κ2) is 6.95. The molecule has 2 heterocycles. The van der Waals surface area contributed by atoms with Crippen molar-refractivity contribution in [2.24, 2.45) is 5.84 Å². The van der Waals surface area contributed by atoms with Crippen LogP contribution in [0.25, 0.3) is 5.95 Å². The predicted molar refractivity (Wildman–Crippen MR) is 79.1 cm³/mol. The third-order valence-electron chi connectivity index (χ3n) is 2.67. The first-order valence-electron chi connectivity index (χ1n) is 6.65. The number of nitrogen functional groups attached to an aromatic ring is 1. The van der Waals surface area contributed by atoms with Crippen molar-refractivity contribution in [1.82, 2.24) is 24.7 Å². The minimum Gasteiger partial charge on any atom is -0.377 e. The molecule has 0 spiro atoms. The summed E-state index contributed by atoms with van der Waals surface area (Å²) in [5.41, 5.74) is 2.44. The Morgan fingerprint density at radius 3 is 2.81 bits per heavy atom. The van der Waals surface area contributed by atoms with Gasteiger partial charge in [-0.1, -0.05) is 0 Å². The summed E-state index contributed by atoms with van der Waals surface area (Å²) in [7, 11) is 1.88. The Morgan fingerprint density at radius 1 is 1.38 bits per heavy atom. The van der Waals surface area contributed by atoms with Gasteiger partial charge in [-0.05, 0) is 19.9 Å². The molecular formula is C12H20N8O. The van der Waals surface area contributed by atoms with E-state index in [9.17, 15) is 0 Å². The zero-order valence-electron chi connectivity index (χ0n) is 12.4. The molecule has 0 aliphatic heterocycles. The summed E-state index contributed by atoms with van der Waals surface area (Å²) in [5, 5.41) is 4.10. The molecular weight excluding hydrogens is 272 g/mol. The number of hydrogen-bond donors (Lipinski definition) is 2. The van der Waals surface area contributed by atoms with Crippen molar-refractivity contribution in [3.8, 4) is 5.95 Å². The van der Waals surface area contributed by atoms with Gasteiger partial charge in [0.15, 0.2) is 0 Å². The Hall–Kier alpha value is -2.26. The maximum absolute atomic E-state index is 5.52. The molecule has 0 aliphatic carbocycles. The fraction of sp³-hybridized carbons (Fsp3) is 0.500. The molecule has 2 rings (SSSR count). The van der Waals surface area contributed by atoms with Crippen LogP contribution in [0.15, 0.2) is 18.5 Å². The van der Waals surface area contributed by atoms with Crippen LogP contribution in [0.2, 0.25) is 0 Å². The van der Waals surface area contributed by atoms with Crippen LogP contribution in [0.5, 0.6) is 0 Å². The monoisotopic (exact) mass is 292 g/mol. The van der Waals surface area contributed by atoms with Crippen LogP contribution in [0.4, 0.5) is 11.9 Å². The van der Waals surface area contributed by atoms with Crippen LogP contribution in [0.3, 0.4) is 0 Å². The fourth-order valence-corrected chi connectivity index (χ4v) is 1.60. The standard InChI is InChI=1S/C12H20N8O/c1-9(2)21-8-7-19(3)11-15-10(18-13)16-12(17-11)20-6-4-5-14-20/h4-6,9H,7-8,13H2,1-3H3,(H,15,16,17,18). The van der Waals surface area contributed by atoms with E-state index in [-0.39, 0.29) is 12.1 Å². The molecule has 2 aromatic rings. The highest BCUT2D eigenvalue weighted by Gasteiger charge is 2.11. The number of nitrogens with one attached hydrogen (secondary N) is 1. The van der Waals surface area contributed by atoms with Crippen LogP contribution in [-0.4, -0.2) is 51.0 Å². The van der Waals surface area contributed by atoms with Gasteiger partial charge in [-0.15, -0.1) is 0 Å². The Labute approximate surface area is 123 Å². The number of likely N-dealkylation sites (N-methyl/N-ethyl adjacent to an activating group) is 1. The van der Waals surface area contributed by atoms with E-state index in [0.717, 1.165) is 0 Å². The van der Waals surface area contributed by atoms with Crippen molar-refractivity contribution in [2.45, 2.75) is 20.0 Å². The molecule has 0 saturated carbocycles. The van der Waals surface area contributed by atoms with Gasteiger partial charge in [0.1, 0.15) is 0 Å². The van der Waals surface area contributed by atoms with Crippen molar-refractivity contribution in [2.75, 3.05) is 30.5 Å². The maximum atomic E-state index is 5.52. The van der Waals surface area contributed by atoms with Crippen molar-refractivity contribution in [1.29, 1.82) is 0 Å². The van der Waals surface area contributed by atoms with Crippen molar-refractivity contribution < 1.29 is 4.74 Å². The van der Waals surface area contributed by atoms with Gasteiger partial charge in [-0.25, -0.2) is 10.5 Å². The maximum Gasteiger partial charge on any atom is 0.257 e. The Bertz CT molecular complexity index is 556. The average molecular weight is 292 g/mol. The highest BCUT2D eigenvalue weighted by molar-refractivity contribution is 5.38. The summed E-state index contributed by atoms with van der Waals surface area (Å²) in [6.45, 7) is 5.23. The Morgan fingerprint density at radius 2 is 2.19 bits per heavy atom. The van der Waals surface area contributed by atoms with Crippen LogP contribution >= 0.6 is 0 Å². The van der Waals surface area contributed by atoms with E-state index in [1.54, 1.807) is 23.1 Å². The van der Waals surface area contributed by atoms with Crippen LogP contribution in [0.1, 0.15) is 13.8 Å². The minimum atomic E-state index is 0.192. The van der Waals surface area contributed by atoms with Gasteiger partial charge >= 0.3 is 0 Å². The van der Waals surface area contributed by atoms with Gasteiger partial charge in [0.2, 0.25) is 11.9 Å². The molecule has 0 radical (unpaired) electrons. The molecule has 3 N–H and O–H groups in total. The van der Waals surface area contributed by atoms with E-state index in [2.05, 4.69) is 25.5 Å². The highest BCUT2D eigenvalue weighted by Crippen LogP contribution is 2.11. The van der Waals surface area contributed by atoms with E-state index in [1.165, 1.54) is 0 Å². The molecule has 0 bridgehead atoms. The normalized spacial score (nSPS) is 10.9. The van der Waals surface area contributed by atoms with E-state index in [4.69, 9.17) is 10.6 Å². The lowest BCUT2D eigenvalue weighted by Crippen LogP contribution is -2.27. The number of rotatable bonds is 7. The fourth-order valence-electron chi connectivity index (χ4n) is 1.60. The summed E-state index contributed by atoms with van der Waals surface area (Å²) >= 11 is 0. The topological polar surface area (TPSA) is 107 Å². The van der Waals surface area contributed by atoms with Gasteiger partial charge in [0, 0.05) is 26.0 Å². The summed E-state index contributed by atoms with van der Waals surface area (Å²) in [4.78, 5) is 14.6. The van der Waals surface area contributed by atoms with Gasteiger partial charge in [0.25, 0.3) is 5.95 Å². The van der Waals surface area contributed by atoms with E-state index >= 15 is 0 Å². The second-order valence-corrected chi connectivity index (χ2v) is 4.70. The van der Waals surface area contributed by atoms with Gasteiger partial charge in [0.05, 0.1) is 12.7 Å². The molecule has 0 fully saturated rings. The first-order valence-corrected chi connectivity index (χ1v) is 6.65. The van der Waals surface area contributed by atoms with Gasteiger partial charge in [-0.3, -0.25) is 5.43 Å². The SMILES string of the molecule is CC(C)OCCN(C)c1nc(NN)nc(-n2cccn2)n1. The summed E-state index contributed by atoms with van der Waals surface area (Å²) in [6, 6.07) is 1.79. The Kier molecular flexibility index (Phi) is 5.01. The first-order chi connectivity index (χ1) is 10.1.